The predicted octanol–water partition coefficient (Wildman–Crippen LogP) is 2.70. The first-order valence-corrected chi connectivity index (χ1v) is 3.98. The summed E-state index contributed by atoms with van der Waals surface area (Å²) in [6.45, 7) is 1.33. The van der Waals surface area contributed by atoms with Crippen LogP contribution in [0.4, 0.5) is 8.78 Å². The van der Waals surface area contributed by atoms with Gasteiger partial charge in [-0.3, -0.25) is 0 Å². The van der Waals surface area contributed by atoms with Gasteiger partial charge in [0.15, 0.2) is 5.16 Å². The molecule has 2 nitrogen and oxygen atoms in total. The van der Waals surface area contributed by atoms with Crippen LogP contribution in [0.3, 0.4) is 0 Å². The molecule has 1 aromatic heterocycles. The molecule has 0 amide bonds. The van der Waals surface area contributed by atoms with Crippen molar-refractivity contribution in [2.75, 3.05) is 0 Å². The van der Waals surface area contributed by atoms with Crippen LogP contribution in [0.2, 0.25) is 0 Å². The SMILES string of the molecule is CC(Sc1ncccn1)=C(F)F. The molecule has 0 saturated carbocycles. The monoisotopic (exact) mass is 188 g/mol. The first-order chi connectivity index (χ1) is 5.70. The number of rotatable bonds is 2. The van der Waals surface area contributed by atoms with Crippen LogP contribution >= 0.6 is 11.8 Å². The molecule has 0 bridgehead atoms. The maximum Gasteiger partial charge on any atom is 0.279 e. The zero-order valence-corrected chi connectivity index (χ0v) is 7.11. The number of hydrogen-bond donors (Lipinski definition) is 0. The van der Waals surface area contributed by atoms with E-state index >= 15 is 0 Å². The lowest BCUT2D eigenvalue weighted by atomic mass is 10.7. The Morgan fingerprint density at radius 1 is 1.33 bits per heavy atom. The van der Waals surface area contributed by atoms with Gasteiger partial charge in [-0.2, -0.15) is 8.78 Å². The lowest BCUT2D eigenvalue weighted by Crippen LogP contribution is -1.82. The van der Waals surface area contributed by atoms with Crippen molar-refractivity contribution in [3.05, 3.63) is 29.4 Å². The fourth-order valence-electron chi connectivity index (χ4n) is 0.514. The van der Waals surface area contributed by atoms with Crippen LogP contribution in [-0.2, 0) is 0 Å². The molecule has 12 heavy (non-hydrogen) atoms. The number of nitrogens with zero attached hydrogens (tertiary/aromatic N) is 2. The van der Waals surface area contributed by atoms with E-state index in [0.29, 0.717) is 5.16 Å². The minimum Gasteiger partial charge on any atom is -0.231 e. The van der Waals surface area contributed by atoms with Crippen molar-refractivity contribution in [2.24, 2.45) is 0 Å². The summed E-state index contributed by atoms with van der Waals surface area (Å²) in [7, 11) is 0. The Kier molecular flexibility index (Phi) is 3.16. The summed E-state index contributed by atoms with van der Waals surface area (Å²) in [5.74, 6) is 0. The summed E-state index contributed by atoms with van der Waals surface area (Å²) in [5, 5.41) is 0.336. The second-order valence-corrected chi connectivity index (χ2v) is 3.13. The van der Waals surface area contributed by atoms with Crippen molar-refractivity contribution in [3.8, 4) is 0 Å². The third-order valence-electron chi connectivity index (χ3n) is 1.05. The van der Waals surface area contributed by atoms with Crippen LogP contribution in [0.5, 0.6) is 0 Å². The highest BCUT2D eigenvalue weighted by Gasteiger charge is 2.03. The molecule has 0 aliphatic heterocycles. The first kappa shape index (κ1) is 9.12. The van der Waals surface area contributed by atoms with E-state index in [1.807, 2.05) is 0 Å². The van der Waals surface area contributed by atoms with Crippen LogP contribution in [-0.4, -0.2) is 9.97 Å². The topological polar surface area (TPSA) is 25.8 Å². The van der Waals surface area contributed by atoms with E-state index in [2.05, 4.69) is 9.97 Å². The Labute approximate surface area is 72.7 Å². The molecule has 0 radical (unpaired) electrons. The van der Waals surface area contributed by atoms with Crippen LogP contribution < -0.4 is 0 Å². The summed E-state index contributed by atoms with van der Waals surface area (Å²) in [4.78, 5) is 7.50. The fourth-order valence-corrected chi connectivity index (χ4v) is 1.09. The molecule has 1 aromatic rings. The minimum absolute atomic E-state index is 0.0683. The Hall–Kier alpha value is -0.970. The second-order valence-electron chi connectivity index (χ2n) is 1.95. The average molecular weight is 188 g/mol. The number of hydrogen-bond acceptors (Lipinski definition) is 3. The predicted molar refractivity (Wildman–Crippen MR) is 42.8 cm³/mol. The van der Waals surface area contributed by atoms with E-state index in [1.165, 1.54) is 19.3 Å². The number of halogens is 2. The highest BCUT2D eigenvalue weighted by Crippen LogP contribution is 2.25. The molecule has 5 heteroatoms. The molecular weight excluding hydrogens is 182 g/mol. The van der Waals surface area contributed by atoms with E-state index in [4.69, 9.17) is 0 Å². The molecular formula is C7H6F2N2S. The molecule has 0 aliphatic rings. The Balaban J connectivity index is 2.72. The van der Waals surface area contributed by atoms with E-state index in [0.717, 1.165) is 11.8 Å². The number of thioether (sulfide) groups is 1. The summed E-state index contributed by atoms with van der Waals surface area (Å²) in [5.41, 5.74) is 0. The molecule has 0 unspecified atom stereocenters. The average Bonchev–Trinajstić information content (AvgIpc) is 2.06. The van der Waals surface area contributed by atoms with Crippen LogP contribution in [0.15, 0.2) is 34.6 Å². The lowest BCUT2D eigenvalue weighted by molar-refractivity contribution is 0.418. The van der Waals surface area contributed by atoms with E-state index in [1.54, 1.807) is 6.07 Å². The quantitative estimate of drug-likeness (QED) is 0.527. The van der Waals surface area contributed by atoms with Gasteiger partial charge in [-0.05, 0) is 24.8 Å². The maximum atomic E-state index is 11.9. The van der Waals surface area contributed by atoms with Gasteiger partial charge in [0.2, 0.25) is 0 Å². The lowest BCUT2D eigenvalue weighted by Gasteiger charge is -1.96. The summed E-state index contributed by atoms with van der Waals surface area (Å²) < 4.78 is 23.8. The van der Waals surface area contributed by atoms with Crippen molar-refractivity contribution in [1.82, 2.24) is 9.97 Å². The van der Waals surface area contributed by atoms with Crippen molar-refractivity contribution in [3.63, 3.8) is 0 Å². The van der Waals surface area contributed by atoms with Gasteiger partial charge in [0.1, 0.15) is 0 Å². The first-order valence-electron chi connectivity index (χ1n) is 3.17. The van der Waals surface area contributed by atoms with Gasteiger partial charge in [0.25, 0.3) is 6.08 Å². The molecule has 0 spiro atoms. The summed E-state index contributed by atoms with van der Waals surface area (Å²) >= 11 is 0.859. The summed E-state index contributed by atoms with van der Waals surface area (Å²) in [6, 6.07) is 1.63. The highest BCUT2D eigenvalue weighted by atomic mass is 32.2. The molecule has 0 saturated heterocycles. The third-order valence-corrected chi connectivity index (χ3v) is 1.91. The van der Waals surface area contributed by atoms with Gasteiger partial charge < -0.3 is 0 Å². The second kappa shape index (κ2) is 4.15. The van der Waals surface area contributed by atoms with Crippen molar-refractivity contribution in [2.45, 2.75) is 12.1 Å². The van der Waals surface area contributed by atoms with Crippen LogP contribution in [0.25, 0.3) is 0 Å². The van der Waals surface area contributed by atoms with Gasteiger partial charge in [0, 0.05) is 12.4 Å². The molecule has 1 heterocycles. The molecule has 0 aromatic carbocycles. The summed E-state index contributed by atoms with van der Waals surface area (Å²) in [6.07, 6.45) is 1.34. The Bertz CT molecular complexity index is 283. The minimum atomic E-state index is -1.69. The Morgan fingerprint density at radius 3 is 2.42 bits per heavy atom. The van der Waals surface area contributed by atoms with Gasteiger partial charge >= 0.3 is 0 Å². The van der Waals surface area contributed by atoms with E-state index in [9.17, 15) is 8.78 Å². The van der Waals surface area contributed by atoms with Gasteiger partial charge in [-0.15, -0.1) is 0 Å². The zero-order chi connectivity index (χ0) is 8.97. The molecule has 1 rings (SSSR count). The third kappa shape index (κ3) is 2.58. The van der Waals surface area contributed by atoms with Crippen LogP contribution in [0, 0.1) is 0 Å². The normalized spacial score (nSPS) is 9.58. The van der Waals surface area contributed by atoms with E-state index < -0.39 is 6.08 Å². The fraction of sp³-hybridized carbons (Fsp3) is 0.143. The van der Waals surface area contributed by atoms with Crippen molar-refractivity contribution in [1.29, 1.82) is 0 Å². The number of allylic oxidation sites excluding steroid dienone is 1. The smallest absolute Gasteiger partial charge is 0.231 e. The molecule has 0 aliphatic carbocycles. The number of aromatic nitrogens is 2. The van der Waals surface area contributed by atoms with E-state index in [-0.39, 0.29) is 4.91 Å². The molecule has 0 fully saturated rings. The van der Waals surface area contributed by atoms with Crippen LogP contribution in [0.1, 0.15) is 6.92 Å². The highest BCUT2D eigenvalue weighted by molar-refractivity contribution is 8.02. The standard InChI is InChI=1S/C7H6F2N2S/c1-5(6(8)9)12-7-10-3-2-4-11-7/h2-4H,1H3. The maximum absolute atomic E-state index is 11.9. The molecule has 64 valence electrons. The Morgan fingerprint density at radius 2 is 1.92 bits per heavy atom. The molecule has 0 atom stereocenters. The largest absolute Gasteiger partial charge is 0.279 e. The van der Waals surface area contributed by atoms with Gasteiger partial charge in [0.05, 0.1) is 4.91 Å². The molecule has 0 N–H and O–H groups in total. The van der Waals surface area contributed by atoms with Gasteiger partial charge in [-0.25, -0.2) is 9.97 Å². The van der Waals surface area contributed by atoms with Crippen molar-refractivity contribution >= 4 is 11.8 Å². The zero-order valence-electron chi connectivity index (χ0n) is 6.29. The van der Waals surface area contributed by atoms with Crippen molar-refractivity contribution < 1.29 is 8.78 Å². The van der Waals surface area contributed by atoms with Gasteiger partial charge in [-0.1, -0.05) is 0 Å².